The van der Waals surface area contributed by atoms with Gasteiger partial charge in [0.1, 0.15) is 0 Å². The summed E-state index contributed by atoms with van der Waals surface area (Å²) in [6.45, 7) is 1.43. The number of aliphatic hydroxyl groups is 1. The first kappa shape index (κ1) is 14.2. The van der Waals surface area contributed by atoms with Gasteiger partial charge in [-0.05, 0) is 6.92 Å². The second-order valence-corrected chi connectivity index (χ2v) is 3.29. The molecule has 18 heavy (non-hydrogen) atoms. The SMILES string of the molecule is CCOC(=O)C(O)c1c(O)c(OC)cc(F)c1F. The molecule has 0 heterocycles. The molecule has 0 saturated heterocycles. The van der Waals surface area contributed by atoms with Gasteiger partial charge in [-0.2, -0.15) is 0 Å². The molecule has 0 bridgehead atoms. The van der Waals surface area contributed by atoms with Crippen LogP contribution in [0.15, 0.2) is 6.07 Å². The van der Waals surface area contributed by atoms with E-state index in [1.807, 2.05) is 0 Å². The van der Waals surface area contributed by atoms with E-state index in [0.717, 1.165) is 7.11 Å². The summed E-state index contributed by atoms with van der Waals surface area (Å²) in [5.41, 5.74) is -0.912. The molecule has 7 heteroatoms. The van der Waals surface area contributed by atoms with Crippen LogP contribution in [0.3, 0.4) is 0 Å². The molecule has 1 aromatic rings. The van der Waals surface area contributed by atoms with Crippen molar-refractivity contribution in [1.29, 1.82) is 0 Å². The number of halogens is 2. The van der Waals surface area contributed by atoms with Crippen LogP contribution in [0, 0.1) is 11.6 Å². The topological polar surface area (TPSA) is 76.0 Å². The number of carbonyl (C=O) groups excluding carboxylic acids is 1. The van der Waals surface area contributed by atoms with E-state index in [1.165, 1.54) is 6.92 Å². The molecule has 5 nitrogen and oxygen atoms in total. The van der Waals surface area contributed by atoms with Crippen molar-refractivity contribution in [2.75, 3.05) is 13.7 Å². The van der Waals surface area contributed by atoms with Gasteiger partial charge in [-0.15, -0.1) is 0 Å². The van der Waals surface area contributed by atoms with Gasteiger partial charge in [0.2, 0.25) is 0 Å². The number of hydrogen-bond acceptors (Lipinski definition) is 5. The average molecular weight is 262 g/mol. The second kappa shape index (κ2) is 5.63. The maximum Gasteiger partial charge on any atom is 0.339 e. The van der Waals surface area contributed by atoms with E-state index < -0.39 is 40.8 Å². The molecule has 0 aliphatic carbocycles. The molecule has 100 valence electrons. The number of hydrogen-bond donors (Lipinski definition) is 2. The van der Waals surface area contributed by atoms with Gasteiger partial charge >= 0.3 is 5.97 Å². The molecule has 0 amide bonds. The summed E-state index contributed by atoms with van der Waals surface area (Å²) in [7, 11) is 1.12. The third-order valence-electron chi connectivity index (χ3n) is 2.20. The first-order valence-corrected chi connectivity index (χ1v) is 5.03. The number of phenolic OH excluding ortho intramolecular Hbond substituents is 1. The second-order valence-electron chi connectivity index (χ2n) is 3.29. The lowest BCUT2D eigenvalue weighted by Gasteiger charge is -2.15. The first-order chi connectivity index (χ1) is 8.43. The monoisotopic (exact) mass is 262 g/mol. The van der Waals surface area contributed by atoms with Crippen LogP contribution in [0.1, 0.15) is 18.6 Å². The Morgan fingerprint density at radius 1 is 1.50 bits per heavy atom. The summed E-state index contributed by atoms with van der Waals surface area (Å²) in [6.07, 6.45) is -2.13. The fraction of sp³-hybridized carbons (Fsp3) is 0.364. The maximum atomic E-state index is 13.5. The molecule has 2 N–H and O–H groups in total. The zero-order valence-corrected chi connectivity index (χ0v) is 9.74. The van der Waals surface area contributed by atoms with Crippen molar-refractivity contribution < 1.29 is 33.3 Å². The van der Waals surface area contributed by atoms with Crippen LogP contribution >= 0.6 is 0 Å². The van der Waals surface area contributed by atoms with E-state index in [-0.39, 0.29) is 6.61 Å². The van der Waals surface area contributed by atoms with E-state index in [9.17, 15) is 23.8 Å². The number of rotatable bonds is 4. The minimum Gasteiger partial charge on any atom is -0.504 e. The molecular weight excluding hydrogens is 250 g/mol. The molecule has 0 spiro atoms. The zero-order chi connectivity index (χ0) is 13.9. The lowest BCUT2D eigenvalue weighted by atomic mass is 10.1. The molecule has 0 aliphatic heterocycles. The van der Waals surface area contributed by atoms with Gasteiger partial charge in [-0.3, -0.25) is 0 Å². The fourth-order valence-electron chi connectivity index (χ4n) is 1.36. The third kappa shape index (κ3) is 2.51. The highest BCUT2D eigenvalue weighted by atomic mass is 19.2. The normalized spacial score (nSPS) is 12.1. The largest absolute Gasteiger partial charge is 0.504 e. The van der Waals surface area contributed by atoms with Crippen LogP contribution in [-0.2, 0) is 9.53 Å². The summed E-state index contributed by atoms with van der Waals surface area (Å²) < 4.78 is 35.7. The zero-order valence-electron chi connectivity index (χ0n) is 9.74. The Morgan fingerprint density at radius 3 is 2.61 bits per heavy atom. The van der Waals surface area contributed by atoms with Crippen molar-refractivity contribution in [3.8, 4) is 11.5 Å². The van der Waals surface area contributed by atoms with Crippen LogP contribution in [0.25, 0.3) is 0 Å². The van der Waals surface area contributed by atoms with Gasteiger partial charge in [0, 0.05) is 6.07 Å². The number of benzene rings is 1. The Balaban J connectivity index is 3.30. The van der Waals surface area contributed by atoms with Crippen LogP contribution < -0.4 is 4.74 Å². The number of aliphatic hydroxyl groups excluding tert-OH is 1. The number of carbonyl (C=O) groups is 1. The van der Waals surface area contributed by atoms with Crippen LogP contribution in [-0.4, -0.2) is 29.9 Å². The van der Waals surface area contributed by atoms with Crippen LogP contribution in [0.4, 0.5) is 8.78 Å². The summed E-state index contributed by atoms with van der Waals surface area (Å²) in [4.78, 5) is 11.2. The van der Waals surface area contributed by atoms with Crippen molar-refractivity contribution in [1.82, 2.24) is 0 Å². The van der Waals surface area contributed by atoms with Gasteiger partial charge in [-0.1, -0.05) is 0 Å². The predicted octanol–water partition coefficient (Wildman–Crippen LogP) is 1.28. The number of methoxy groups -OCH3 is 1. The van der Waals surface area contributed by atoms with E-state index in [4.69, 9.17) is 0 Å². The molecule has 0 fully saturated rings. The third-order valence-corrected chi connectivity index (χ3v) is 2.20. The van der Waals surface area contributed by atoms with Crippen molar-refractivity contribution >= 4 is 5.97 Å². The standard InChI is InChI=1S/C11H12F2O5/c1-3-18-11(16)10(15)7-8(13)5(12)4-6(17-2)9(7)14/h4,10,14-15H,3H2,1-2H3. The molecule has 1 unspecified atom stereocenters. The van der Waals surface area contributed by atoms with Gasteiger partial charge in [0.15, 0.2) is 29.2 Å². The molecule has 1 rings (SSSR count). The van der Waals surface area contributed by atoms with Crippen molar-refractivity contribution in [2.24, 2.45) is 0 Å². The highest BCUT2D eigenvalue weighted by Crippen LogP contribution is 2.37. The Hall–Kier alpha value is -1.89. The van der Waals surface area contributed by atoms with E-state index in [2.05, 4.69) is 9.47 Å². The molecule has 0 saturated carbocycles. The smallest absolute Gasteiger partial charge is 0.339 e. The van der Waals surface area contributed by atoms with E-state index in [1.54, 1.807) is 0 Å². The van der Waals surface area contributed by atoms with Gasteiger partial charge < -0.3 is 19.7 Å². The molecule has 0 radical (unpaired) electrons. The number of aromatic hydroxyl groups is 1. The lowest BCUT2D eigenvalue weighted by molar-refractivity contribution is -0.153. The molecule has 0 aromatic heterocycles. The first-order valence-electron chi connectivity index (χ1n) is 5.03. The van der Waals surface area contributed by atoms with Gasteiger partial charge in [-0.25, -0.2) is 13.6 Å². The molecular formula is C11H12F2O5. The molecule has 1 aromatic carbocycles. The summed E-state index contributed by atoms with van der Waals surface area (Å²) in [5.74, 6) is -5.33. The Morgan fingerprint density at radius 2 is 2.11 bits per heavy atom. The number of phenols is 1. The number of ether oxygens (including phenoxy) is 2. The fourth-order valence-corrected chi connectivity index (χ4v) is 1.36. The average Bonchev–Trinajstić information content (AvgIpc) is 2.34. The Bertz CT molecular complexity index is 461. The summed E-state index contributed by atoms with van der Waals surface area (Å²) in [6, 6.07) is 0.603. The van der Waals surface area contributed by atoms with Crippen molar-refractivity contribution in [2.45, 2.75) is 13.0 Å². The minimum atomic E-state index is -2.13. The summed E-state index contributed by atoms with van der Waals surface area (Å²) >= 11 is 0. The minimum absolute atomic E-state index is 0.0509. The molecule has 1 atom stereocenters. The highest BCUT2D eigenvalue weighted by Gasteiger charge is 2.30. The van der Waals surface area contributed by atoms with E-state index >= 15 is 0 Å². The van der Waals surface area contributed by atoms with Crippen molar-refractivity contribution in [3.63, 3.8) is 0 Å². The Labute approximate surface area is 102 Å². The van der Waals surface area contributed by atoms with E-state index in [0.29, 0.717) is 6.07 Å². The Kier molecular flexibility index (Phi) is 4.43. The lowest BCUT2D eigenvalue weighted by Crippen LogP contribution is -2.17. The van der Waals surface area contributed by atoms with Crippen LogP contribution in [0.5, 0.6) is 11.5 Å². The quantitative estimate of drug-likeness (QED) is 0.799. The van der Waals surface area contributed by atoms with Gasteiger partial charge in [0.05, 0.1) is 19.3 Å². The highest BCUT2D eigenvalue weighted by molar-refractivity contribution is 5.78. The summed E-state index contributed by atoms with van der Waals surface area (Å²) in [5, 5.41) is 19.1. The predicted molar refractivity (Wildman–Crippen MR) is 56.2 cm³/mol. The van der Waals surface area contributed by atoms with Crippen LogP contribution in [0.2, 0.25) is 0 Å². The molecule has 0 aliphatic rings. The van der Waals surface area contributed by atoms with Gasteiger partial charge in [0.25, 0.3) is 0 Å². The maximum absolute atomic E-state index is 13.5. The van der Waals surface area contributed by atoms with Crippen molar-refractivity contribution in [3.05, 3.63) is 23.3 Å². The number of esters is 1.